The van der Waals surface area contributed by atoms with E-state index < -0.39 is 17.6 Å². The fourth-order valence-corrected chi connectivity index (χ4v) is 0.987. The Morgan fingerprint density at radius 3 is 1.18 bits per heavy atom. The van der Waals surface area contributed by atoms with E-state index in [0.717, 1.165) is 16.5 Å². The van der Waals surface area contributed by atoms with E-state index in [-0.39, 0.29) is 9.86 Å². The van der Waals surface area contributed by atoms with Gasteiger partial charge in [-0.2, -0.15) is 0 Å². The molecule has 0 heterocycles. The summed E-state index contributed by atoms with van der Waals surface area (Å²) in [5, 5.41) is -3.27. The van der Waals surface area contributed by atoms with Gasteiger partial charge < -0.3 is 0 Å². The van der Waals surface area contributed by atoms with Crippen molar-refractivity contribution in [3.63, 3.8) is 0 Å². The van der Waals surface area contributed by atoms with Crippen molar-refractivity contribution in [3.8, 4) is 0 Å². The van der Waals surface area contributed by atoms with Crippen LogP contribution < -0.4 is 0 Å². The molecule has 0 nitrogen and oxygen atoms in total. The molecule has 0 aliphatic rings. The predicted molar refractivity (Wildman–Crippen MR) is 29.2 cm³/mol. The molecule has 0 spiro atoms. The van der Waals surface area contributed by atoms with Crippen LogP contribution in [0.5, 0.6) is 0 Å². The van der Waals surface area contributed by atoms with Crippen molar-refractivity contribution in [2.45, 2.75) is 17.6 Å². The Morgan fingerprint density at radius 1 is 0.909 bits per heavy atom. The Bertz CT molecular complexity index is 113. The Labute approximate surface area is 70.8 Å². The third-order valence-electron chi connectivity index (χ3n) is 0.830. The minimum atomic E-state index is -5.21. The molecule has 0 atom stereocenters. The van der Waals surface area contributed by atoms with Crippen molar-refractivity contribution < 1.29 is 26.3 Å². The van der Waals surface area contributed by atoms with Crippen molar-refractivity contribution in [1.82, 2.24) is 0 Å². The molecule has 0 aliphatic heterocycles. The van der Waals surface area contributed by atoms with Crippen LogP contribution in [0.4, 0.5) is 26.3 Å². The predicted octanol–water partition coefficient (Wildman–Crippen LogP) is 2.30. The van der Waals surface area contributed by atoms with Gasteiger partial charge in [0.1, 0.15) is 0 Å². The molecule has 11 heavy (non-hydrogen) atoms. The molecule has 0 saturated carbocycles. The Morgan fingerprint density at radius 2 is 1.18 bits per heavy atom. The Hall–Kier alpha value is 0.527. The summed E-state index contributed by atoms with van der Waals surface area (Å²) in [4.78, 5) is 0. The first-order valence-corrected chi connectivity index (χ1v) is 3.64. The molecular formula is C3HF6LiS. The molecule has 0 aromatic rings. The molecule has 0 unspecified atom stereocenters. The first kappa shape index (κ1) is 11.5. The fourth-order valence-electron chi connectivity index (χ4n) is 0.453. The van der Waals surface area contributed by atoms with Crippen LogP contribution >= 0.6 is 9.86 Å². The van der Waals surface area contributed by atoms with E-state index in [0.29, 0.717) is 0 Å². The van der Waals surface area contributed by atoms with Gasteiger partial charge in [-0.05, 0) is 0 Å². The molecule has 0 aromatic carbocycles. The van der Waals surface area contributed by atoms with Gasteiger partial charge in [0.15, 0.2) is 0 Å². The van der Waals surface area contributed by atoms with Gasteiger partial charge in [-0.25, -0.2) is 0 Å². The van der Waals surface area contributed by atoms with Gasteiger partial charge in [0, 0.05) is 0 Å². The molecule has 0 aromatic heterocycles. The molecule has 0 radical (unpaired) electrons. The Balaban J connectivity index is 4.43. The molecular weight excluding hydrogens is 189 g/mol. The van der Waals surface area contributed by atoms with E-state index in [1.54, 1.807) is 0 Å². The van der Waals surface area contributed by atoms with Gasteiger partial charge in [-0.3, -0.25) is 0 Å². The quantitative estimate of drug-likeness (QED) is 0.451. The number of rotatable bonds is 1. The zero-order valence-electron chi connectivity index (χ0n) is 5.25. The van der Waals surface area contributed by atoms with Gasteiger partial charge in [0.25, 0.3) is 0 Å². The van der Waals surface area contributed by atoms with Gasteiger partial charge in [0.05, 0.1) is 0 Å². The summed E-state index contributed by atoms with van der Waals surface area (Å²) in [6.45, 7) is 0. The average Bonchev–Trinajstić information content (AvgIpc) is 1.56. The van der Waals surface area contributed by atoms with Crippen LogP contribution in [0.2, 0.25) is 0 Å². The van der Waals surface area contributed by atoms with Crippen LogP contribution in [-0.4, -0.2) is 34.1 Å². The zero-order chi connectivity index (χ0) is 9.28. The molecule has 0 bridgehead atoms. The molecule has 0 rings (SSSR count). The van der Waals surface area contributed by atoms with E-state index >= 15 is 0 Å². The van der Waals surface area contributed by atoms with E-state index in [2.05, 4.69) is 0 Å². The van der Waals surface area contributed by atoms with E-state index in [4.69, 9.17) is 0 Å². The first-order chi connectivity index (χ1) is 4.69. The molecule has 0 N–H and O–H groups in total. The maximum absolute atomic E-state index is 11.5. The van der Waals surface area contributed by atoms with Crippen molar-refractivity contribution in [3.05, 3.63) is 0 Å². The van der Waals surface area contributed by atoms with Crippen molar-refractivity contribution in [2.75, 3.05) is 0 Å². The van der Waals surface area contributed by atoms with E-state index in [1.807, 2.05) is 0 Å². The summed E-state index contributed by atoms with van der Waals surface area (Å²) in [5.41, 5.74) is 0. The van der Waals surface area contributed by atoms with E-state index in [9.17, 15) is 26.3 Å². The summed E-state index contributed by atoms with van der Waals surface area (Å²) >= 11 is 0.769. The second-order valence-electron chi connectivity index (χ2n) is 1.70. The minimum absolute atomic E-state index is 0.266. The average molecular weight is 190 g/mol. The topological polar surface area (TPSA) is 0 Å². The molecule has 0 aliphatic carbocycles. The maximum atomic E-state index is 11.5. The third-order valence-corrected chi connectivity index (χ3v) is 1.84. The van der Waals surface area contributed by atoms with Gasteiger partial charge >= 0.3 is 70.3 Å². The second-order valence-corrected chi connectivity index (χ2v) is 2.64. The summed E-state index contributed by atoms with van der Waals surface area (Å²) in [5.74, 6) is 0. The number of hydrogen-bond acceptors (Lipinski definition) is 1. The monoisotopic (exact) mass is 190 g/mol. The number of alkyl halides is 6. The number of halogens is 6. The van der Waals surface area contributed by atoms with Crippen LogP contribution in [0, 0.1) is 0 Å². The second kappa shape index (κ2) is 3.50. The van der Waals surface area contributed by atoms with Crippen molar-refractivity contribution in [2.24, 2.45) is 0 Å². The molecule has 8 heteroatoms. The van der Waals surface area contributed by atoms with Crippen LogP contribution in [-0.2, 0) is 0 Å². The summed E-state index contributed by atoms with van der Waals surface area (Å²) in [7, 11) is -0.266. The van der Waals surface area contributed by atoms with Crippen LogP contribution in [0.25, 0.3) is 0 Å². The SMILES string of the molecule is [Li][S]C(C(F)(F)F)C(F)(F)F. The molecule has 0 fully saturated rings. The van der Waals surface area contributed by atoms with Gasteiger partial charge in [-0.15, -0.1) is 0 Å². The van der Waals surface area contributed by atoms with Crippen molar-refractivity contribution in [1.29, 1.82) is 0 Å². The summed E-state index contributed by atoms with van der Waals surface area (Å²) in [6, 6.07) is 0. The van der Waals surface area contributed by atoms with Crippen molar-refractivity contribution >= 4 is 26.4 Å². The van der Waals surface area contributed by atoms with Gasteiger partial charge in [-0.1, -0.05) is 0 Å². The van der Waals surface area contributed by atoms with E-state index in [1.165, 1.54) is 0 Å². The standard InChI is InChI=1S/C3H2F6S.Li/c4-2(5,6)1(10)3(7,8)9;/h1,10H;/q;+1/p-1. The fraction of sp³-hybridized carbons (Fsp3) is 1.00. The normalized spacial score (nSPS) is 14.3. The zero-order valence-corrected chi connectivity index (χ0v) is 6.07. The first-order valence-electron chi connectivity index (χ1n) is 2.36. The van der Waals surface area contributed by atoms with Crippen LogP contribution in [0.3, 0.4) is 0 Å². The Kier molecular flexibility index (Phi) is 3.67. The third kappa shape index (κ3) is 3.63. The molecule has 62 valence electrons. The van der Waals surface area contributed by atoms with Crippen LogP contribution in [0.1, 0.15) is 0 Å². The van der Waals surface area contributed by atoms with Crippen LogP contribution in [0.15, 0.2) is 0 Å². The molecule has 0 amide bonds. The summed E-state index contributed by atoms with van der Waals surface area (Å²) in [6.07, 6.45) is -10.4. The summed E-state index contributed by atoms with van der Waals surface area (Å²) < 4.78 is 68.9. The molecule has 0 saturated heterocycles. The van der Waals surface area contributed by atoms with Gasteiger partial charge in [0.2, 0.25) is 0 Å². The number of hydrogen-bond donors (Lipinski definition) is 0.